The van der Waals surface area contributed by atoms with E-state index >= 15 is 0 Å². The standard InChI is InChI=1S/C17H18ClNO4/c1-10-5-6-12(18)9-13(10)19-17(20)11-7-14(21-2)16(23-4)15(8-11)22-3/h5-9H,1-4H3,(H,19,20). The molecule has 0 spiro atoms. The second-order valence-electron chi connectivity index (χ2n) is 4.83. The molecule has 0 aliphatic heterocycles. The van der Waals surface area contributed by atoms with E-state index in [0.717, 1.165) is 5.56 Å². The highest BCUT2D eigenvalue weighted by atomic mass is 35.5. The van der Waals surface area contributed by atoms with E-state index in [1.165, 1.54) is 21.3 Å². The summed E-state index contributed by atoms with van der Waals surface area (Å²) in [5.74, 6) is 0.972. The van der Waals surface area contributed by atoms with Crippen LogP contribution in [0.3, 0.4) is 0 Å². The lowest BCUT2D eigenvalue weighted by molar-refractivity contribution is 0.102. The molecule has 0 bridgehead atoms. The van der Waals surface area contributed by atoms with Crippen molar-refractivity contribution in [3.05, 3.63) is 46.5 Å². The highest BCUT2D eigenvalue weighted by molar-refractivity contribution is 6.31. The van der Waals surface area contributed by atoms with E-state index in [-0.39, 0.29) is 5.91 Å². The summed E-state index contributed by atoms with van der Waals surface area (Å²) in [4.78, 5) is 12.5. The molecule has 122 valence electrons. The van der Waals surface area contributed by atoms with Gasteiger partial charge in [0.2, 0.25) is 5.75 Å². The maximum atomic E-state index is 12.5. The number of carbonyl (C=O) groups is 1. The molecular formula is C17H18ClNO4. The van der Waals surface area contributed by atoms with Crippen LogP contribution in [0.15, 0.2) is 30.3 Å². The first kappa shape index (κ1) is 17.0. The number of amides is 1. The molecule has 6 heteroatoms. The monoisotopic (exact) mass is 335 g/mol. The van der Waals surface area contributed by atoms with Gasteiger partial charge >= 0.3 is 0 Å². The number of halogens is 1. The van der Waals surface area contributed by atoms with E-state index in [9.17, 15) is 4.79 Å². The smallest absolute Gasteiger partial charge is 0.255 e. The van der Waals surface area contributed by atoms with Crippen LogP contribution in [0, 0.1) is 6.92 Å². The fourth-order valence-corrected chi connectivity index (χ4v) is 2.31. The molecule has 0 aliphatic rings. The Morgan fingerprint density at radius 3 is 2.13 bits per heavy atom. The van der Waals surface area contributed by atoms with Crippen molar-refractivity contribution < 1.29 is 19.0 Å². The summed E-state index contributed by atoms with van der Waals surface area (Å²) < 4.78 is 15.8. The number of nitrogens with one attached hydrogen (secondary N) is 1. The van der Waals surface area contributed by atoms with Crippen LogP contribution in [0.4, 0.5) is 5.69 Å². The number of carbonyl (C=O) groups excluding carboxylic acids is 1. The topological polar surface area (TPSA) is 56.8 Å². The van der Waals surface area contributed by atoms with Crippen molar-refractivity contribution in [1.29, 1.82) is 0 Å². The van der Waals surface area contributed by atoms with Crippen molar-refractivity contribution in [3.63, 3.8) is 0 Å². The number of hydrogen-bond donors (Lipinski definition) is 1. The molecule has 0 heterocycles. The Labute approximate surface area is 140 Å². The van der Waals surface area contributed by atoms with E-state index in [0.29, 0.717) is 33.5 Å². The third-order valence-electron chi connectivity index (χ3n) is 3.37. The molecule has 0 saturated carbocycles. The molecule has 0 aromatic heterocycles. The third-order valence-corrected chi connectivity index (χ3v) is 3.61. The van der Waals surface area contributed by atoms with Crippen LogP contribution in [0.25, 0.3) is 0 Å². The first-order chi connectivity index (χ1) is 11.0. The molecule has 0 unspecified atom stereocenters. The molecule has 2 aromatic carbocycles. The van der Waals surface area contributed by atoms with Crippen LogP contribution < -0.4 is 19.5 Å². The largest absolute Gasteiger partial charge is 0.493 e. The molecular weight excluding hydrogens is 318 g/mol. The van der Waals surface area contributed by atoms with E-state index in [2.05, 4.69) is 5.32 Å². The molecule has 0 saturated heterocycles. The minimum atomic E-state index is -0.297. The molecule has 0 radical (unpaired) electrons. The lowest BCUT2D eigenvalue weighted by Crippen LogP contribution is -2.13. The summed E-state index contributed by atoms with van der Waals surface area (Å²) in [6.07, 6.45) is 0. The lowest BCUT2D eigenvalue weighted by Gasteiger charge is -2.14. The number of benzene rings is 2. The number of rotatable bonds is 5. The first-order valence-electron chi connectivity index (χ1n) is 6.87. The Morgan fingerprint density at radius 2 is 1.61 bits per heavy atom. The molecule has 1 amide bonds. The van der Waals surface area contributed by atoms with Crippen molar-refractivity contribution >= 4 is 23.2 Å². The van der Waals surface area contributed by atoms with Gasteiger partial charge in [-0.2, -0.15) is 0 Å². The van der Waals surface area contributed by atoms with Gasteiger partial charge in [0.1, 0.15) is 0 Å². The van der Waals surface area contributed by atoms with Crippen LogP contribution in [0.5, 0.6) is 17.2 Å². The van der Waals surface area contributed by atoms with Crippen LogP contribution in [-0.2, 0) is 0 Å². The maximum absolute atomic E-state index is 12.5. The number of aryl methyl sites for hydroxylation is 1. The Hall–Kier alpha value is -2.40. The summed E-state index contributed by atoms with van der Waals surface area (Å²) in [6, 6.07) is 8.50. The number of methoxy groups -OCH3 is 3. The van der Waals surface area contributed by atoms with Gasteiger partial charge in [0, 0.05) is 16.3 Å². The average Bonchev–Trinajstić information content (AvgIpc) is 2.56. The summed E-state index contributed by atoms with van der Waals surface area (Å²) in [7, 11) is 4.51. The van der Waals surface area contributed by atoms with Gasteiger partial charge in [0.25, 0.3) is 5.91 Å². The normalized spacial score (nSPS) is 10.1. The van der Waals surface area contributed by atoms with Gasteiger partial charge < -0.3 is 19.5 Å². The van der Waals surface area contributed by atoms with E-state index in [4.69, 9.17) is 25.8 Å². The number of ether oxygens (including phenoxy) is 3. The molecule has 0 aliphatic carbocycles. The van der Waals surface area contributed by atoms with Crippen LogP contribution in [0.1, 0.15) is 15.9 Å². The molecule has 23 heavy (non-hydrogen) atoms. The quantitative estimate of drug-likeness (QED) is 0.899. The van der Waals surface area contributed by atoms with Crippen LogP contribution >= 0.6 is 11.6 Å². The minimum Gasteiger partial charge on any atom is -0.493 e. The molecule has 1 N–H and O–H groups in total. The van der Waals surface area contributed by atoms with Gasteiger partial charge in [0.05, 0.1) is 21.3 Å². The van der Waals surface area contributed by atoms with Crippen molar-refractivity contribution in [2.45, 2.75) is 6.92 Å². The predicted octanol–water partition coefficient (Wildman–Crippen LogP) is 3.93. The predicted molar refractivity (Wildman–Crippen MR) is 90.2 cm³/mol. The Kier molecular flexibility index (Phi) is 5.34. The highest BCUT2D eigenvalue weighted by Gasteiger charge is 2.17. The molecule has 2 aromatic rings. The van der Waals surface area contributed by atoms with E-state index < -0.39 is 0 Å². The minimum absolute atomic E-state index is 0.297. The summed E-state index contributed by atoms with van der Waals surface area (Å²) in [5.41, 5.74) is 1.95. The van der Waals surface area contributed by atoms with Crippen LogP contribution in [-0.4, -0.2) is 27.2 Å². The zero-order chi connectivity index (χ0) is 17.0. The molecule has 2 rings (SSSR count). The first-order valence-corrected chi connectivity index (χ1v) is 7.25. The third kappa shape index (κ3) is 3.68. The van der Waals surface area contributed by atoms with Gasteiger partial charge in [-0.25, -0.2) is 0 Å². The van der Waals surface area contributed by atoms with Gasteiger partial charge in [0.15, 0.2) is 11.5 Å². The molecule has 5 nitrogen and oxygen atoms in total. The van der Waals surface area contributed by atoms with Crippen molar-refractivity contribution in [2.24, 2.45) is 0 Å². The molecule has 0 atom stereocenters. The Bertz CT molecular complexity index is 706. The fraction of sp³-hybridized carbons (Fsp3) is 0.235. The molecule has 0 fully saturated rings. The van der Waals surface area contributed by atoms with Gasteiger partial charge in [-0.05, 0) is 36.8 Å². The van der Waals surface area contributed by atoms with Crippen molar-refractivity contribution in [1.82, 2.24) is 0 Å². The summed E-state index contributed by atoms with van der Waals surface area (Å²) in [6.45, 7) is 1.89. The van der Waals surface area contributed by atoms with E-state index in [1.807, 2.05) is 13.0 Å². The van der Waals surface area contributed by atoms with Crippen LogP contribution in [0.2, 0.25) is 5.02 Å². The Balaban J connectivity index is 2.37. The maximum Gasteiger partial charge on any atom is 0.255 e. The SMILES string of the molecule is COc1cc(C(=O)Nc2cc(Cl)ccc2C)cc(OC)c1OC. The zero-order valence-corrected chi connectivity index (χ0v) is 14.2. The van der Waals surface area contributed by atoms with Gasteiger partial charge in [-0.15, -0.1) is 0 Å². The Morgan fingerprint density at radius 1 is 1.00 bits per heavy atom. The van der Waals surface area contributed by atoms with Gasteiger partial charge in [-0.1, -0.05) is 17.7 Å². The van der Waals surface area contributed by atoms with Gasteiger partial charge in [-0.3, -0.25) is 4.79 Å². The zero-order valence-electron chi connectivity index (χ0n) is 13.4. The van der Waals surface area contributed by atoms with Crippen molar-refractivity contribution in [2.75, 3.05) is 26.6 Å². The summed E-state index contributed by atoms with van der Waals surface area (Å²) >= 11 is 5.97. The summed E-state index contributed by atoms with van der Waals surface area (Å²) in [5, 5.41) is 3.38. The second-order valence-corrected chi connectivity index (χ2v) is 5.26. The fourth-order valence-electron chi connectivity index (χ4n) is 2.14. The average molecular weight is 336 g/mol. The number of anilines is 1. The van der Waals surface area contributed by atoms with Crippen molar-refractivity contribution in [3.8, 4) is 17.2 Å². The lowest BCUT2D eigenvalue weighted by atomic mass is 10.1. The second kappa shape index (κ2) is 7.24. The highest BCUT2D eigenvalue weighted by Crippen LogP contribution is 2.38. The van der Waals surface area contributed by atoms with E-state index in [1.54, 1.807) is 24.3 Å². The number of hydrogen-bond acceptors (Lipinski definition) is 4.